The van der Waals surface area contributed by atoms with E-state index >= 15 is 0 Å². The van der Waals surface area contributed by atoms with E-state index in [0.29, 0.717) is 23.8 Å². The molecule has 1 atom stereocenters. The third-order valence-corrected chi connectivity index (χ3v) is 6.81. The van der Waals surface area contributed by atoms with Gasteiger partial charge in [-0.15, -0.1) is 0 Å². The molecule has 0 bridgehead atoms. The van der Waals surface area contributed by atoms with Gasteiger partial charge in [0.25, 0.3) is 5.91 Å². The molecule has 2 aliphatic heterocycles. The first-order valence-corrected chi connectivity index (χ1v) is 11.6. The van der Waals surface area contributed by atoms with E-state index in [9.17, 15) is 4.79 Å². The summed E-state index contributed by atoms with van der Waals surface area (Å²) in [6.07, 6.45) is 2.99. The Hall–Kier alpha value is -2.50. The Kier molecular flexibility index (Phi) is 5.63. The topological polar surface area (TPSA) is 46.5 Å². The minimum Gasteiger partial charge on any atom is -0.486 e. The molecule has 0 radical (unpaired) electrons. The number of aromatic nitrogens is 1. The number of carbonyl (C=O) groups excluding carboxylic acids is 1. The highest BCUT2D eigenvalue weighted by Crippen LogP contribution is 2.38. The molecule has 2 aromatic carbocycles. The maximum Gasteiger partial charge on any atom is 0.267 e. The fraction of sp³-hybridized carbons (Fsp3) is 0.400. The second kappa shape index (κ2) is 8.56. The molecule has 2 aliphatic rings. The van der Waals surface area contributed by atoms with Crippen molar-refractivity contribution in [2.75, 3.05) is 19.6 Å². The third kappa shape index (κ3) is 3.92. The van der Waals surface area contributed by atoms with Crippen molar-refractivity contribution in [3.63, 3.8) is 0 Å². The second-order valence-electron chi connectivity index (χ2n) is 8.50. The summed E-state index contributed by atoms with van der Waals surface area (Å²) in [5, 5.41) is 4.65. The van der Waals surface area contributed by atoms with Crippen molar-refractivity contribution >= 4 is 28.4 Å². The fourth-order valence-electron chi connectivity index (χ4n) is 4.76. The molecule has 3 heterocycles. The monoisotopic (exact) mass is 437 g/mol. The van der Waals surface area contributed by atoms with Crippen molar-refractivity contribution in [1.82, 2.24) is 14.8 Å². The van der Waals surface area contributed by atoms with E-state index in [1.807, 2.05) is 18.2 Å². The van der Waals surface area contributed by atoms with Gasteiger partial charge in [0.2, 0.25) is 0 Å². The number of fused-ring (bicyclic) bond motifs is 1. The van der Waals surface area contributed by atoms with Gasteiger partial charge in [0, 0.05) is 31.6 Å². The lowest BCUT2D eigenvalue weighted by Crippen LogP contribution is -2.35. The molecule has 1 N–H and O–H groups in total. The van der Waals surface area contributed by atoms with Crippen LogP contribution in [-0.2, 0) is 19.5 Å². The van der Waals surface area contributed by atoms with Gasteiger partial charge in [-0.25, -0.2) is 0 Å². The third-order valence-electron chi connectivity index (χ3n) is 6.48. The average molecular weight is 438 g/mol. The Labute approximate surface area is 187 Å². The van der Waals surface area contributed by atoms with Crippen LogP contribution >= 0.6 is 11.6 Å². The number of nitrogens with zero attached hydrogens (tertiary/aromatic N) is 2. The zero-order valence-electron chi connectivity index (χ0n) is 17.9. The summed E-state index contributed by atoms with van der Waals surface area (Å²) in [6.45, 7) is 6.50. The fourth-order valence-corrected chi connectivity index (χ4v) is 4.97. The summed E-state index contributed by atoms with van der Waals surface area (Å²) in [5.74, 6) is 0.765. The molecule has 6 heteroatoms. The lowest BCUT2D eigenvalue weighted by atomic mass is 10.00. The zero-order chi connectivity index (χ0) is 21.4. The smallest absolute Gasteiger partial charge is 0.267 e. The van der Waals surface area contributed by atoms with Gasteiger partial charge >= 0.3 is 0 Å². The molecule has 1 aromatic heterocycles. The van der Waals surface area contributed by atoms with E-state index in [2.05, 4.69) is 46.0 Å². The van der Waals surface area contributed by atoms with Crippen LogP contribution in [0.25, 0.3) is 10.9 Å². The van der Waals surface area contributed by atoms with E-state index in [-0.39, 0.29) is 12.0 Å². The SMILES string of the molecule is CCC1Cn2c(C(=O)NCCCN3CCc4ccccc4C3)cc3c(Cl)ccc(c32)O1. The Morgan fingerprint density at radius 2 is 2.06 bits per heavy atom. The van der Waals surface area contributed by atoms with Crippen LogP contribution < -0.4 is 10.1 Å². The quantitative estimate of drug-likeness (QED) is 0.571. The summed E-state index contributed by atoms with van der Waals surface area (Å²) in [4.78, 5) is 15.5. The Morgan fingerprint density at radius 3 is 2.90 bits per heavy atom. The van der Waals surface area contributed by atoms with Crippen molar-refractivity contribution < 1.29 is 9.53 Å². The number of nitrogens with one attached hydrogen (secondary N) is 1. The highest BCUT2D eigenvalue weighted by Gasteiger charge is 2.27. The molecule has 1 amide bonds. The number of amides is 1. The van der Waals surface area contributed by atoms with Crippen LogP contribution in [-0.4, -0.2) is 41.1 Å². The van der Waals surface area contributed by atoms with Crippen LogP contribution in [0.1, 0.15) is 41.4 Å². The maximum absolute atomic E-state index is 13.0. The molecule has 3 aromatic rings. The number of halogens is 1. The molecule has 5 nitrogen and oxygen atoms in total. The van der Waals surface area contributed by atoms with Gasteiger partial charge in [-0.3, -0.25) is 9.69 Å². The molecule has 5 rings (SSSR count). The lowest BCUT2D eigenvalue weighted by molar-refractivity contribution is 0.0935. The molecule has 0 saturated heterocycles. The largest absolute Gasteiger partial charge is 0.486 e. The van der Waals surface area contributed by atoms with Crippen LogP contribution in [0.4, 0.5) is 0 Å². The van der Waals surface area contributed by atoms with Crippen molar-refractivity contribution in [2.45, 2.75) is 45.4 Å². The molecule has 31 heavy (non-hydrogen) atoms. The minimum atomic E-state index is -0.0426. The Bertz CT molecular complexity index is 1120. The number of carbonyl (C=O) groups is 1. The summed E-state index contributed by atoms with van der Waals surface area (Å²) >= 11 is 6.41. The summed E-state index contributed by atoms with van der Waals surface area (Å²) < 4.78 is 8.15. The predicted molar refractivity (Wildman–Crippen MR) is 124 cm³/mol. The highest BCUT2D eigenvalue weighted by atomic mass is 35.5. The first kappa shape index (κ1) is 20.4. The van der Waals surface area contributed by atoms with Gasteiger partial charge in [0.1, 0.15) is 17.5 Å². The second-order valence-corrected chi connectivity index (χ2v) is 8.91. The summed E-state index contributed by atoms with van der Waals surface area (Å²) in [7, 11) is 0. The summed E-state index contributed by atoms with van der Waals surface area (Å²) in [6, 6.07) is 14.3. The number of rotatable bonds is 6. The Balaban J connectivity index is 1.23. The molecule has 0 saturated carbocycles. The Morgan fingerprint density at radius 1 is 1.23 bits per heavy atom. The van der Waals surface area contributed by atoms with Crippen LogP contribution in [0.15, 0.2) is 42.5 Å². The van der Waals surface area contributed by atoms with E-state index in [1.54, 1.807) is 0 Å². The van der Waals surface area contributed by atoms with Gasteiger partial charge in [0.15, 0.2) is 0 Å². The first-order chi connectivity index (χ1) is 15.1. The molecule has 0 fully saturated rings. The molecule has 1 unspecified atom stereocenters. The van der Waals surface area contributed by atoms with E-state index in [1.165, 1.54) is 11.1 Å². The van der Waals surface area contributed by atoms with Crippen molar-refractivity contribution in [2.24, 2.45) is 0 Å². The van der Waals surface area contributed by atoms with Gasteiger partial charge in [-0.1, -0.05) is 42.8 Å². The number of hydrogen-bond donors (Lipinski definition) is 1. The van der Waals surface area contributed by atoms with Crippen LogP contribution in [0.5, 0.6) is 5.75 Å². The first-order valence-electron chi connectivity index (χ1n) is 11.2. The molecule has 0 aliphatic carbocycles. The average Bonchev–Trinajstić information content (AvgIpc) is 3.19. The number of benzene rings is 2. The molecule has 0 spiro atoms. The van der Waals surface area contributed by atoms with Gasteiger partial charge in [0.05, 0.1) is 17.1 Å². The van der Waals surface area contributed by atoms with Crippen LogP contribution in [0, 0.1) is 0 Å². The van der Waals surface area contributed by atoms with E-state index in [4.69, 9.17) is 16.3 Å². The van der Waals surface area contributed by atoms with Crippen LogP contribution in [0.2, 0.25) is 5.02 Å². The van der Waals surface area contributed by atoms with Gasteiger partial charge in [-0.2, -0.15) is 0 Å². The normalized spacial score (nSPS) is 17.9. The number of ether oxygens (including phenoxy) is 1. The molecular weight excluding hydrogens is 410 g/mol. The predicted octanol–water partition coefficient (Wildman–Crippen LogP) is 4.64. The lowest BCUT2D eigenvalue weighted by Gasteiger charge is -2.28. The minimum absolute atomic E-state index is 0.0426. The van der Waals surface area contributed by atoms with Crippen molar-refractivity contribution in [3.8, 4) is 5.75 Å². The van der Waals surface area contributed by atoms with Crippen molar-refractivity contribution in [1.29, 1.82) is 0 Å². The van der Waals surface area contributed by atoms with Gasteiger partial charge < -0.3 is 14.6 Å². The van der Waals surface area contributed by atoms with Crippen LogP contribution in [0.3, 0.4) is 0 Å². The molecule has 162 valence electrons. The van der Waals surface area contributed by atoms with Gasteiger partial charge in [-0.05, 0) is 48.6 Å². The standard InChI is InChI=1S/C25H28ClN3O2/c1-2-19-16-29-22(14-20-21(26)8-9-23(31-19)24(20)29)25(30)27-11-5-12-28-13-10-17-6-3-4-7-18(17)15-28/h3-4,6-9,14,19H,2,5,10-13,15-16H2,1H3,(H,27,30). The van der Waals surface area contributed by atoms with Crippen molar-refractivity contribution in [3.05, 3.63) is 64.3 Å². The van der Waals surface area contributed by atoms with E-state index < -0.39 is 0 Å². The number of hydrogen-bond acceptors (Lipinski definition) is 3. The zero-order valence-corrected chi connectivity index (χ0v) is 18.6. The van der Waals surface area contributed by atoms with E-state index in [0.717, 1.165) is 55.5 Å². The maximum atomic E-state index is 13.0. The molecular formula is C25H28ClN3O2. The highest BCUT2D eigenvalue weighted by molar-refractivity contribution is 6.36. The summed E-state index contributed by atoms with van der Waals surface area (Å²) in [5.41, 5.74) is 4.48.